The summed E-state index contributed by atoms with van der Waals surface area (Å²) in [7, 11) is 0. The van der Waals surface area contributed by atoms with Gasteiger partial charge in [-0.15, -0.1) is 4.95 Å². The van der Waals surface area contributed by atoms with Gasteiger partial charge in [0.05, 0.1) is 0 Å². The van der Waals surface area contributed by atoms with E-state index in [-0.39, 0.29) is 17.9 Å². The number of rotatable bonds is 6. The van der Waals surface area contributed by atoms with Crippen LogP contribution in [0, 0.1) is 20.4 Å². The Labute approximate surface area is 229 Å². The quantitative estimate of drug-likeness (QED) is 0.232. The smallest absolute Gasteiger partial charge is 0.289 e. The van der Waals surface area contributed by atoms with Gasteiger partial charge in [0.2, 0.25) is 0 Å². The van der Waals surface area contributed by atoms with Crippen LogP contribution in [0.15, 0.2) is 118 Å². The molecule has 39 heavy (non-hydrogen) atoms. The van der Waals surface area contributed by atoms with E-state index >= 15 is 0 Å². The molecule has 7 nitrogen and oxygen atoms in total. The highest BCUT2D eigenvalue weighted by atomic mass is 16.2. The molecule has 0 aliphatic heterocycles. The first-order valence-electron chi connectivity index (χ1n) is 11.2. The molecule has 0 radical (unpaired) electrons. The number of carbonyl (C=O) groups is 2. The first kappa shape index (κ1) is 33.1. The number of pyridine rings is 1. The van der Waals surface area contributed by atoms with Gasteiger partial charge in [-0.3, -0.25) is 14.6 Å². The third-order valence-electron chi connectivity index (χ3n) is 3.99. The van der Waals surface area contributed by atoms with Gasteiger partial charge in [0.1, 0.15) is 22.4 Å². The lowest BCUT2D eigenvalue weighted by molar-refractivity contribution is -0.117. The van der Waals surface area contributed by atoms with E-state index in [4.69, 9.17) is 6.57 Å². The average Bonchev–Trinajstić information content (AvgIpc) is 2.91. The van der Waals surface area contributed by atoms with Gasteiger partial charge >= 0.3 is 0 Å². The largest absolute Gasteiger partial charge is 0.299 e. The van der Waals surface area contributed by atoms with Crippen LogP contribution >= 0.6 is 0 Å². The Kier molecular flexibility index (Phi) is 18.2. The predicted molar refractivity (Wildman–Crippen MR) is 153 cm³/mol. The predicted octanol–water partition coefficient (Wildman–Crippen LogP) is 5.73. The summed E-state index contributed by atoms with van der Waals surface area (Å²) in [5.74, 6) is 1.81. The van der Waals surface area contributed by atoms with Crippen molar-refractivity contribution < 1.29 is 9.59 Å². The lowest BCUT2D eigenvalue weighted by Crippen LogP contribution is -2.21. The third kappa shape index (κ3) is 18.1. The van der Waals surface area contributed by atoms with Gasteiger partial charge in [0.15, 0.2) is 0 Å². The highest BCUT2D eigenvalue weighted by molar-refractivity contribution is 6.02. The minimum Gasteiger partial charge on any atom is -0.299 e. The van der Waals surface area contributed by atoms with Crippen LogP contribution in [0.3, 0.4) is 0 Å². The Bertz CT molecular complexity index is 1530. The number of carbonyl (C=O) groups excluding carboxylic acids is 2. The van der Waals surface area contributed by atoms with E-state index in [1.807, 2.05) is 26.0 Å². The summed E-state index contributed by atoms with van der Waals surface area (Å²) in [6, 6.07) is 11.2. The summed E-state index contributed by atoms with van der Waals surface area (Å²) in [6.07, 6.45) is 2.11. The van der Waals surface area contributed by atoms with Gasteiger partial charge in [-0.05, 0) is 81.1 Å². The van der Waals surface area contributed by atoms with Crippen LogP contribution in [-0.2, 0) is 11.2 Å². The van der Waals surface area contributed by atoms with E-state index in [0.717, 1.165) is 16.7 Å². The zero-order valence-electron chi connectivity index (χ0n) is 22.2. The lowest BCUT2D eigenvalue weighted by atomic mass is 10.0. The summed E-state index contributed by atoms with van der Waals surface area (Å²) in [6.45, 7) is 21.6. The maximum Gasteiger partial charge on any atom is 0.289 e. The summed E-state index contributed by atoms with van der Waals surface area (Å²) in [4.78, 5) is 30.6. The Morgan fingerprint density at radius 1 is 0.974 bits per heavy atom. The van der Waals surface area contributed by atoms with E-state index in [0.29, 0.717) is 12.1 Å². The van der Waals surface area contributed by atoms with E-state index in [9.17, 15) is 9.59 Å². The third-order valence-corrected chi connectivity index (χ3v) is 3.99. The minimum atomic E-state index is -0.392. The number of amides is 1. The number of nitrogens with zero attached hydrogens (tertiary/aromatic N) is 4. The maximum atomic E-state index is 12.2. The fraction of sp³-hybridized carbons (Fsp3) is 0.156. The second-order valence-corrected chi connectivity index (χ2v) is 7.36. The molecule has 0 bridgehead atoms. The molecule has 1 amide bonds. The van der Waals surface area contributed by atoms with Crippen LogP contribution in [0.5, 0.6) is 0 Å². The van der Waals surface area contributed by atoms with Crippen LogP contribution in [0.4, 0.5) is 0 Å². The van der Waals surface area contributed by atoms with Crippen molar-refractivity contribution in [2.75, 3.05) is 0 Å². The Hall–Kier alpha value is -5.90. The number of aromatic nitrogens is 1. The summed E-state index contributed by atoms with van der Waals surface area (Å²) >= 11 is 0. The van der Waals surface area contributed by atoms with Crippen molar-refractivity contribution >= 4 is 23.3 Å². The van der Waals surface area contributed by atoms with Crippen molar-refractivity contribution in [3.8, 4) is 0 Å². The Balaban J connectivity index is 0.000000790. The minimum absolute atomic E-state index is 0.0633. The normalized spacial score (nSPS) is 8.31. The molecule has 0 saturated heterocycles. The molecule has 0 atom stereocenters. The lowest BCUT2D eigenvalue weighted by Gasteiger charge is -2.05. The highest BCUT2D eigenvalue weighted by Crippen LogP contribution is 2.10. The molecule has 0 fully saturated rings. The summed E-state index contributed by atoms with van der Waals surface area (Å²) in [5, 5.41) is 6.98. The van der Waals surface area contributed by atoms with Gasteiger partial charge < -0.3 is 0 Å². The first-order chi connectivity index (χ1) is 18.8. The molecule has 1 heterocycles. The van der Waals surface area contributed by atoms with Crippen molar-refractivity contribution in [3.63, 3.8) is 0 Å². The summed E-state index contributed by atoms with van der Waals surface area (Å²) < 4.78 is 0. The maximum absolute atomic E-state index is 12.2. The Morgan fingerprint density at radius 2 is 1.59 bits per heavy atom. The second kappa shape index (κ2) is 21.4. The second-order valence-electron chi connectivity index (χ2n) is 7.36. The number of nitrogens with one attached hydrogen (secondary N) is 1. The van der Waals surface area contributed by atoms with Gasteiger partial charge in [-0.1, -0.05) is 52.6 Å². The number of hydrazone groups is 1. The fourth-order valence-corrected chi connectivity index (χ4v) is 2.73. The van der Waals surface area contributed by atoms with E-state index in [2.05, 4.69) is 103 Å². The zero-order chi connectivity index (χ0) is 29.3. The average molecular weight is 514 g/mol. The molecule has 0 saturated carbocycles. The van der Waals surface area contributed by atoms with Crippen LogP contribution in [0.2, 0.25) is 0 Å². The number of Topliss-reactive ketones (excluding diaryl/α,β-unsaturated/α-hetero) is 1. The molecule has 1 aromatic heterocycles. The topological polar surface area (TPSA) is 88.1 Å². The van der Waals surface area contributed by atoms with Crippen molar-refractivity contribution in [1.29, 1.82) is 0 Å². The van der Waals surface area contributed by atoms with Gasteiger partial charge in [-0.2, -0.15) is 11.7 Å². The van der Waals surface area contributed by atoms with Crippen molar-refractivity contribution in [3.05, 3.63) is 142 Å². The highest BCUT2D eigenvalue weighted by Gasteiger charge is 2.08. The molecule has 192 valence electrons. The molecule has 2 aromatic rings. The van der Waals surface area contributed by atoms with Crippen molar-refractivity contribution in [2.45, 2.75) is 33.6 Å². The molecule has 0 unspecified atom stereocenters. The van der Waals surface area contributed by atoms with Crippen LogP contribution in [-0.4, -0.2) is 28.3 Å². The zero-order valence-corrected chi connectivity index (χ0v) is 22.2. The number of hydrogen-bond donors (Lipinski definition) is 1. The molecule has 2 rings (SSSR count). The van der Waals surface area contributed by atoms with Gasteiger partial charge in [-0.25, -0.2) is 5.43 Å². The van der Waals surface area contributed by atoms with Crippen LogP contribution in [0.1, 0.15) is 40.5 Å². The van der Waals surface area contributed by atoms with Crippen molar-refractivity contribution in [1.82, 2.24) is 10.4 Å². The Morgan fingerprint density at radius 3 is 2.13 bits per heavy atom. The first-order valence-corrected chi connectivity index (χ1v) is 11.2. The number of aryl methyl sites for hydroxylation is 2. The number of hydrogen-bond acceptors (Lipinski definition) is 5. The van der Waals surface area contributed by atoms with E-state index < -0.39 is 5.91 Å². The molecule has 0 aliphatic carbocycles. The molecule has 7 heteroatoms. The van der Waals surface area contributed by atoms with E-state index in [1.54, 1.807) is 31.3 Å². The summed E-state index contributed by atoms with van der Waals surface area (Å²) in [5.41, 5.74) is 25.5. The molecule has 1 aromatic carbocycles. The van der Waals surface area contributed by atoms with E-state index in [1.165, 1.54) is 0 Å². The standard InChI is InChI=1S/C19H21N3O2.C7H4.C6H2N2/c1-13-8-14(2)10-16(9-13)12-17(23)11-15(3)21-22-19(24)18-6-4-5-7-20-18;1-3-5-7-6-4-2;1-3-4-5-6-8-7-2/h4-10H,11-12H2,1-3H3,(H,22,24);1-2H2;1H2/b21-15+;;. The van der Waals surface area contributed by atoms with Gasteiger partial charge in [0, 0.05) is 30.5 Å². The SMILES string of the molecule is C/C(CC(=O)Cc1cc(C)cc(C)c1)=N\NC(=O)c1ccccn1.C=C=C=C=C=C=C.[C-]#[N+]N=C=C=C=C=C. The molecule has 1 N–H and O–H groups in total. The number of ketones is 1. The molecular formula is C32H27N5O2. The van der Waals surface area contributed by atoms with Gasteiger partial charge in [0.25, 0.3) is 5.91 Å². The fourth-order valence-electron chi connectivity index (χ4n) is 2.73. The van der Waals surface area contributed by atoms with Crippen LogP contribution in [0.25, 0.3) is 4.95 Å². The molecular weight excluding hydrogens is 486 g/mol. The van der Waals surface area contributed by atoms with Crippen molar-refractivity contribution in [2.24, 2.45) is 10.2 Å². The monoisotopic (exact) mass is 513 g/mol. The number of benzene rings is 1. The molecule has 0 spiro atoms. The molecule has 0 aliphatic rings. The van der Waals surface area contributed by atoms with Crippen LogP contribution < -0.4 is 5.43 Å².